The highest BCUT2D eigenvalue weighted by atomic mass is 35.5. The molecule has 0 bridgehead atoms. The molecule has 0 saturated carbocycles. The number of rotatable bonds is 2. The van der Waals surface area contributed by atoms with E-state index in [-0.39, 0.29) is 16.2 Å². The Bertz CT molecular complexity index is 1260. The van der Waals surface area contributed by atoms with E-state index in [4.69, 9.17) is 23.8 Å². The fourth-order valence-electron chi connectivity index (χ4n) is 2.82. The van der Waals surface area contributed by atoms with Crippen molar-refractivity contribution in [3.8, 4) is 11.6 Å². The summed E-state index contributed by atoms with van der Waals surface area (Å²) in [7, 11) is 0. The molecule has 2 N–H and O–H groups in total. The average Bonchev–Trinajstić information content (AvgIpc) is 3.04. The maximum absolute atomic E-state index is 12.4. The monoisotopic (exact) mass is 396 g/mol. The fraction of sp³-hybridized carbons (Fsp3) is 0.0526. The van der Waals surface area contributed by atoms with Gasteiger partial charge in [-0.25, -0.2) is 9.98 Å². The van der Waals surface area contributed by atoms with Crippen molar-refractivity contribution in [2.24, 2.45) is 4.99 Å². The SMILES string of the molecule is Cc1ccc(-n2c(O)c(/C=C3/C=Nc4ncccc43)c(=O)[nH]c2=S)cc1Cl. The summed E-state index contributed by atoms with van der Waals surface area (Å²) in [4.78, 5) is 23.4. The quantitative estimate of drug-likeness (QED) is 0.635. The van der Waals surface area contributed by atoms with Gasteiger partial charge in [-0.1, -0.05) is 17.7 Å². The van der Waals surface area contributed by atoms with Crippen LogP contribution >= 0.6 is 23.8 Å². The number of halogens is 1. The van der Waals surface area contributed by atoms with Crippen LogP contribution in [0.1, 0.15) is 16.7 Å². The van der Waals surface area contributed by atoms with Crippen LogP contribution in [-0.4, -0.2) is 25.9 Å². The average molecular weight is 397 g/mol. The van der Waals surface area contributed by atoms with Gasteiger partial charge in [-0.3, -0.25) is 14.3 Å². The summed E-state index contributed by atoms with van der Waals surface area (Å²) in [6.45, 7) is 1.87. The molecule has 1 aliphatic heterocycles. The number of fused-ring (bicyclic) bond motifs is 1. The van der Waals surface area contributed by atoms with Crippen molar-refractivity contribution in [1.82, 2.24) is 14.5 Å². The maximum Gasteiger partial charge on any atom is 0.262 e. The molecule has 27 heavy (non-hydrogen) atoms. The van der Waals surface area contributed by atoms with Crippen molar-refractivity contribution in [1.29, 1.82) is 0 Å². The van der Waals surface area contributed by atoms with Crippen LogP contribution in [0.5, 0.6) is 5.88 Å². The minimum Gasteiger partial charge on any atom is -0.494 e. The van der Waals surface area contributed by atoms with Crippen molar-refractivity contribution >= 4 is 47.5 Å². The van der Waals surface area contributed by atoms with Crippen LogP contribution in [0, 0.1) is 11.7 Å². The van der Waals surface area contributed by atoms with Gasteiger partial charge in [-0.15, -0.1) is 0 Å². The summed E-state index contributed by atoms with van der Waals surface area (Å²) >= 11 is 11.4. The number of hydrogen-bond donors (Lipinski definition) is 2. The second-order valence-corrected chi connectivity index (χ2v) is 6.79. The molecule has 0 saturated heterocycles. The van der Waals surface area contributed by atoms with Crippen LogP contribution in [-0.2, 0) is 0 Å². The Labute approximate surface area is 164 Å². The van der Waals surface area contributed by atoms with Gasteiger partial charge in [0.05, 0.1) is 5.69 Å². The predicted octanol–water partition coefficient (Wildman–Crippen LogP) is 4.21. The molecule has 134 valence electrons. The number of nitrogens with zero attached hydrogens (tertiary/aromatic N) is 3. The van der Waals surface area contributed by atoms with Crippen LogP contribution in [0.15, 0.2) is 46.3 Å². The van der Waals surface area contributed by atoms with E-state index >= 15 is 0 Å². The minimum atomic E-state index is -0.495. The Hall–Kier alpha value is -3.03. The zero-order valence-electron chi connectivity index (χ0n) is 14.1. The molecule has 0 aliphatic carbocycles. The number of allylic oxidation sites excluding steroid dienone is 1. The molecule has 4 rings (SSSR count). The van der Waals surface area contributed by atoms with Gasteiger partial charge in [0, 0.05) is 28.6 Å². The Morgan fingerprint density at radius 2 is 2.15 bits per heavy atom. The number of aryl methyl sites for hydroxylation is 1. The molecule has 6 nitrogen and oxygen atoms in total. The highest BCUT2D eigenvalue weighted by Crippen LogP contribution is 2.31. The Balaban J connectivity index is 1.92. The second-order valence-electron chi connectivity index (χ2n) is 6.00. The van der Waals surface area contributed by atoms with E-state index in [0.717, 1.165) is 11.1 Å². The lowest BCUT2D eigenvalue weighted by molar-refractivity contribution is 0.432. The van der Waals surface area contributed by atoms with Crippen LogP contribution in [0.4, 0.5) is 5.82 Å². The third-order valence-corrected chi connectivity index (χ3v) is 4.95. The Morgan fingerprint density at radius 1 is 1.33 bits per heavy atom. The Kier molecular flexibility index (Phi) is 4.25. The summed E-state index contributed by atoms with van der Waals surface area (Å²) in [6, 6.07) is 8.89. The van der Waals surface area contributed by atoms with Crippen LogP contribution in [0.3, 0.4) is 0 Å². The molecule has 2 aromatic heterocycles. The van der Waals surface area contributed by atoms with Gasteiger partial charge in [-0.05, 0) is 55.0 Å². The number of benzene rings is 1. The van der Waals surface area contributed by atoms with E-state index in [1.165, 1.54) is 4.57 Å². The molecule has 0 spiro atoms. The number of H-pyrrole nitrogens is 1. The summed E-state index contributed by atoms with van der Waals surface area (Å²) in [5, 5.41) is 11.3. The van der Waals surface area contributed by atoms with Gasteiger partial charge in [0.25, 0.3) is 5.56 Å². The number of aromatic nitrogens is 3. The normalized spacial score (nSPS) is 13.9. The van der Waals surface area contributed by atoms with Gasteiger partial charge in [-0.2, -0.15) is 0 Å². The van der Waals surface area contributed by atoms with Crippen LogP contribution in [0.25, 0.3) is 17.3 Å². The number of aromatic amines is 1. The summed E-state index contributed by atoms with van der Waals surface area (Å²) < 4.78 is 1.44. The predicted molar refractivity (Wildman–Crippen MR) is 109 cm³/mol. The van der Waals surface area contributed by atoms with Gasteiger partial charge >= 0.3 is 0 Å². The van der Waals surface area contributed by atoms with E-state index in [1.807, 2.05) is 19.1 Å². The number of hydrogen-bond acceptors (Lipinski definition) is 5. The number of nitrogens with one attached hydrogen (secondary N) is 1. The first-order valence-electron chi connectivity index (χ1n) is 8.01. The molecule has 0 fully saturated rings. The second kappa shape index (κ2) is 6.61. The lowest BCUT2D eigenvalue weighted by atomic mass is 10.1. The molecule has 0 radical (unpaired) electrons. The number of aromatic hydroxyl groups is 1. The third kappa shape index (κ3) is 3.01. The minimum absolute atomic E-state index is 0.0680. The molecule has 1 aliphatic rings. The van der Waals surface area contributed by atoms with E-state index in [0.29, 0.717) is 22.1 Å². The van der Waals surface area contributed by atoms with Crippen molar-refractivity contribution in [3.63, 3.8) is 0 Å². The van der Waals surface area contributed by atoms with Crippen molar-refractivity contribution in [2.75, 3.05) is 0 Å². The lowest BCUT2D eigenvalue weighted by Crippen LogP contribution is -2.16. The molecule has 3 aromatic rings. The van der Waals surface area contributed by atoms with E-state index < -0.39 is 5.56 Å². The van der Waals surface area contributed by atoms with Gasteiger partial charge in [0.15, 0.2) is 10.6 Å². The van der Waals surface area contributed by atoms with Crippen LogP contribution in [0.2, 0.25) is 5.02 Å². The standard InChI is InChI=1S/C19H13ClN4O2S/c1-10-4-5-12(8-15(10)20)24-18(26)14(17(25)23-19(24)27)7-11-9-22-16-13(11)3-2-6-21-16/h2-9,26H,1H3,(H,23,25,27)/b11-7-. The number of pyridine rings is 1. The topological polar surface area (TPSA) is 83.3 Å². The molecular formula is C19H13ClN4O2S. The Morgan fingerprint density at radius 3 is 2.93 bits per heavy atom. The maximum atomic E-state index is 12.4. The highest BCUT2D eigenvalue weighted by Gasteiger charge is 2.17. The fourth-order valence-corrected chi connectivity index (χ4v) is 3.28. The molecule has 3 heterocycles. The summed E-state index contributed by atoms with van der Waals surface area (Å²) in [6.07, 6.45) is 4.81. The van der Waals surface area contributed by atoms with Crippen molar-refractivity contribution < 1.29 is 5.11 Å². The summed E-state index contributed by atoms with van der Waals surface area (Å²) in [5.74, 6) is 0.291. The number of aliphatic imine (C=N–C) groups is 1. The van der Waals surface area contributed by atoms with Gasteiger partial charge in [0.2, 0.25) is 5.88 Å². The largest absolute Gasteiger partial charge is 0.494 e. The van der Waals surface area contributed by atoms with Gasteiger partial charge < -0.3 is 5.11 Å². The van der Waals surface area contributed by atoms with E-state index in [2.05, 4.69) is 15.0 Å². The van der Waals surface area contributed by atoms with Crippen molar-refractivity contribution in [3.05, 3.63) is 73.4 Å². The van der Waals surface area contributed by atoms with E-state index in [9.17, 15) is 9.90 Å². The molecule has 0 atom stereocenters. The van der Waals surface area contributed by atoms with Crippen LogP contribution < -0.4 is 5.56 Å². The van der Waals surface area contributed by atoms with Gasteiger partial charge in [0.1, 0.15) is 5.56 Å². The smallest absolute Gasteiger partial charge is 0.262 e. The third-order valence-electron chi connectivity index (χ3n) is 4.26. The first-order chi connectivity index (χ1) is 13.0. The zero-order valence-corrected chi connectivity index (χ0v) is 15.7. The molecule has 8 heteroatoms. The highest BCUT2D eigenvalue weighted by molar-refractivity contribution is 7.71. The first-order valence-corrected chi connectivity index (χ1v) is 8.80. The van der Waals surface area contributed by atoms with E-state index in [1.54, 1.807) is 36.7 Å². The van der Waals surface area contributed by atoms with Crippen molar-refractivity contribution in [2.45, 2.75) is 6.92 Å². The summed E-state index contributed by atoms with van der Waals surface area (Å²) in [5.41, 5.74) is 2.47. The molecule has 1 aromatic carbocycles. The first kappa shape index (κ1) is 17.4. The zero-order chi connectivity index (χ0) is 19.1. The lowest BCUT2D eigenvalue weighted by Gasteiger charge is -2.12. The molecule has 0 unspecified atom stereocenters. The molecule has 0 amide bonds. The molecular weight excluding hydrogens is 384 g/mol.